The Balaban J connectivity index is 2.20. The summed E-state index contributed by atoms with van der Waals surface area (Å²) < 4.78 is 0. The highest BCUT2D eigenvalue weighted by atomic mass is 16.2. The van der Waals surface area contributed by atoms with Gasteiger partial charge >= 0.3 is 0 Å². The number of carbonyl (C=O) groups excluding carboxylic acids is 1. The molecule has 1 amide bonds. The molecule has 0 heterocycles. The first-order chi connectivity index (χ1) is 9.07. The van der Waals surface area contributed by atoms with Gasteiger partial charge in [0.15, 0.2) is 0 Å². The first-order valence-electron chi connectivity index (χ1n) is 6.88. The Kier molecular flexibility index (Phi) is 3.90. The molecule has 1 N–H and O–H groups in total. The van der Waals surface area contributed by atoms with Gasteiger partial charge in [0.05, 0.1) is 11.3 Å². The molecule has 1 fully saturated rings. The number of hydrogen-bond donors (Lipinski definition) is 1. The molecule has 0 atom stereocenters. The number of carbonyl (C=O) groups is 1. The van der Waals surface area contributed by atoms with E-state index in [9.17, 15) is 10.1 Å². The molecule has 3 nitrogen and oxygen atoms in total. The predicted octanol–water partition coefficient (Wildman–Crippen LogP) is 3.78. The highest BCUT2D eigenvalue weighted by Crippen LogP contribution is 2.37. The Hall–Kier alpha value is -1.82. The zero-order valence-corrected chi connectivity index (χ0v) is 11.6. The molecule has 3 heteroatoms. The van der Waals surface area contributed by atoms with Crippen LogP contribution < -0.4 is 5.32 Å². The van der Waals surface area contributed by atoms with E-state index in [1.54, 1.807) is 6.07 Å². The zero-order chi connectivity index (χ0) is 13.9. The quantitative estimate of drug-likeness (QED) is 0.875. The van der Waals surface area contributed by atoms with Crippen LogP contribution in [0.4, 0.5) is 5.69 Å². The van der Waals surface area contributed by atoms with Crippen LogP contribution in [0.3, 0.4) is 0 Å². The average molecular weight is 256 g/mol. The molecule has 1 aromatic rings. The largest absolute Gasteiger partial charge is 0.324 e. The van der Waals surface area contributed by atoms with Crippen molar-refractivity contribution < 1.29 is 4.79 Å². The van der Waals surface area contributed by atoms with Crippen molar-refractivity contribution in [2.45, 2.75) is 46.0 Å². The first-order valence-corrected chi connectivity index (χ1v) is 6.88. The van der Waals surface area contributed by atoms with Crippen LogP contribution in [0.25, 0.3) is 0 Å². The molecule has 0 radical (unpaired) electrons. The lowest BCUT2D eigenvalue weighted by molar-refractivity contribution is -0.126. The summed E-state index contributed by atoms with van der Waals surface area (Å²) in [5, 5.41) is 12.1. The third kappa shape index (κ3) is 2.78. The zero-order valence-electron chi connectivity index (χ0n) is 11.6. The van der Waals surface area contributed by atoms with E-state index < -0.39 is 0 Å². The summed E-state index contributed by atoms with van der Waals surface area (Å²) >= 11 is 0. The second-order valence-corrected chi connectivity index (χ2v) is 5.68. The number of amides is 1. The van der Waals surface area contributed by atoms with Crippen LogP contribution in [0.2, 0.25) is 0 Å². The number of hydrogen-bond acceptors (Lipinski definition) is 2. The SMILES string of the molecule is Cc1cccc(NC(=O)C2(C)CCCCC2)c1C#N. The Labute approximate surface area is 114 Å². The van der Waals surface area contributed by atoms with Crippen molar-refractivity contribution >= 4 is 11.6 Å². The Morgan fingerprint density at radius 2 is 2.00 bits per heavy atom. The Morgan fingerprint density at radius 1 is 1.32 bits per heavy atom. The van der Waals surface area contributed by atoms with Gasteiger partial charge in [0.2, 0.25) is 5.91 Å². The fraction of sp³-hybridized carbons (Fsp3) is 0.500. The predicted molar refractivity (Wildman–Crippen MR) is 75.7 cm³/mol. The van der Waals surface area contributed by atoms with Gasteiger partial charge < -0.3 is 5.32 Å². The molecule has 19 heavy (non-hydrogen) atoms. The number of nitriles is 1. The summed E-state index contributed by atoms with van der Waals surface area (Å²) in [6.45, 7) is 3.92. The molecule has 2 rings (SSSR count). The highest BCUT2D eigenvalue weighted by molar-refractivity contribution is 5.96. The van der Waals surface area contributed by atoms with Crippen LogP contribution in [-0.2, 0) is 4.79 Å². The maximum atomic E-state index is 12.4. The van der Waals surface area contributed by atoms with Gasteiger partial charge in [-0.25, -0.2) is 0 Å². The number of benzene rings is 1. The molecule has 1 aliphatic rings. The van der Waals surface area contributed by atoms with Gasteiger partial charge in [-0.3, -0.25) is 4.79 Å². The van der Waals surface area contributed by atoms with Gasteiger partial charge in [-0.05, 0) is 31.4 Å². The van der Waals surface area contributed by atoms with E-state index >= 15 is 0 Å². The second kappa shape index (κ2) is 5.44. The van der Waals surface area contributed by atoms with Crippen LogP contribution in [0, 0.1) is 23.7 Å². The topological polar surface area (TPSA) is 52.9 Å². The van der Waals surface area contributed by atoms with Crippen LogP contribution in [0.1, 0.15) is 50.2 Å². The van der Waals surface area contributed by atoms with E-state index in [1.165, 1.54) is 6.42 Å². The van der Waals surface area contributed by atoms with E-state index in [0.29, 0.717) is 11.3 Å². The third-order valence-electron chi connectivity index (χ3n) is 4.14. The third-order valence-corrected chi connectivity index (χ3v) is 4.14. The smallest absolute Gasteiger partial charge is 0.230 e. The van der Waals surface area contributed by atoms with Gasteiger partial charge in [0.25, 0.3) is 0 Å². The number of nitrogens with one attached hydrogen (secondary N) is 1. The molecule has 1 aliphatic carbocycles. The van der Waals surface area contributed by atoms with Crippen molar-refractivity contribution in [2.75, 3.05) is 5.32 Å². The van der Waals surface area contributed by atoms with Gasteiger partial charge in [0, 0.05) is 5.41 Å². The van der Waals surface area contributed by atoms with Crippen molar-refractivity contribution in [3.05, 3.63) is 29.3 Å². The van der Waals surface area contributed by atoms with Crippen LogP contribution in [0.5, 0.6) is 0 Å². The van der Waals surface area contributed by atoms with Crippen LogP contribution in [-0.4, -0.2) is 5.91 Å². The van der Waals surface area contributed by atoms with E-state index in [1.807, 2.05) is 26.0 Å². The summed E-state index contributed by atoms with van der Waals surface area (Å²) in [7, 11) is 0. The van der Waals surface area contributed by atoms with E-state index in [-0.39, 0.29) is 11.3 Å². The van der Waals surface area contributed by atoms with Gasteiger partial charge in [-0.2, -0.15) is 5.26 Å². The lowest BCUT2D eigenvalue weighted by Crippen LogP contribution is -2.35. The molecular formula is C16H20N2O. The first kappa shape index (κ1) is 13.6. The molecule has 0 bridgehead atoms. The van der Waals surface area contributed by atoms with E-state index in [4.69, 9.17) is 0 Å². The van der Waals surface area contributed by atoms with Gasteiger partial charge in [0.1, 0.15) is 6.07 Å². The van der Waals surface area contributed by atoms with Crippen molar-refractivity contribution in [3.63, 3.8) is 0 Å². The van der Waals surface area contributed by atoms with Crippen molar-refractivity contribution in [1.29, 1.82) is 5.26 Å². The lowest BCUT2D eigenvalue weighted by Gasteiger charge is -2.32. The fourth-order valence-corrected chi connectivity index (χ4v) is 2.75. The summed E-state index contributed by atoms with van der Waals surface area (Å²) in [5.74, 6) is 0.0503. The van der Waals surface area contributed by atoms with Gasteiger partial charge in [-0.15, -0.1) is 0 Å². The van der Waals surface area contributed by atoms with Crippen LogP contribution in [0.15, 0.2) is 18.2 Å². The van der Waals surface area contributed by atoms with Gasteiger partial charge in [-0.1, -0.05) is 38.3 Å². The van der Waals surface area contributed by atoms with Crippen molar-refractivity contribution in [3.8, 4) is 6.07 Å². The molecule has 0 aromatic heterocycles. The fourth-order valence-electron chi connectivity index (χ4n) is 2.75. The number of aryl methyl sites for hydroxylation is 1. The molecule has 0 saturated heterocycles. The average Bonchev–Trinajstić information content (AvgIpc) is 2.40. The number of rotatable bonds is 2. The van der Waals surface area contributed by atoms with E-state index in [0.717, 1.165) is 31.2 Å². The monoisotopic (exact) mass is 256 g/mol. The normalized spacial score (nSPS) is 17.5. The minimum absolute atomic E-state index is 0.0503. The summed E-state index contributed by atoms with van der Waals surface area (Å²) in [6, 6.07) is 7.73. The minimum Gasteiger partial charge on any atom is -0.324 e. The van der Waals surface area contributed by atoms with Crippen LogP contribution >= 0.6 is 0 Å². The molecule has 0 unspecified atom stereocenters. The molecule has 0 spiro atoms. The molecule has 1 saturated carbocycles. The Bertz CT molecular complexity index is 522. The number of nitrogens with zero attached hydrogens (tertiary/aromatic N) is 1. The van der Waals surface area contributed by atoms with Crippen molar-refractivity contribution in [2.24, 2.45) is 5.41 Å². The summed E-state index contributed by atoms with van der Waals surface area (Å²) in [5.41, 5.74) is 1.82. The lowest BCUT2D eigenvalue weighted by atomic mass is 9.75. The summed E-state index contributed by atoms with van der Waals surface area (Å²) in [6.07, 6.45) is 5.32. The minimum atomic E-state index is -0.283. The Morgan fingerprint density at radius 3 is 2.63 bits per heavy atom. The standard InChI is InChI=1S/C16H20N2O/c1-12-7-6-8-14(13(12)11-17)18-15(19)16(2)9-4-3-5-10-16/h6-8H,3-5,9-10H2,1-2H3,(H,18,19). The molecule has 0 aliphatic heterocycles. The highest BCUT2D eigenvalue weighted by Gasteiger charge is 2.34. The van der Waals surface area contributed by atoms with Crippen molar-refractivity contribution in [1.82, 2.24) is 0 Å². The molecule has 1 aromatic carbocycles. The molecular weight excluding hydrogens is 236 g/mol. The molecule has 100 valence electrons. The maximum absolute atomic E-state index is 12.4. The second-order valence-electron chi connectivity index (χ2n) is 5.68. The van der Waals surface area contributed by atoms with E-state index in [2.05, 4.69) is 11.4 Å². The summed E-state index contributed by atoms with van der Waals surface area (Å²) in [4.78, 5) is 12.4. The maximum Gasteiger partial charge on any atom is 0.230 e. The number of anilines is 1.